The summed E-state index contributed by atoms with van der Waals surface area (Å²) in [5.41, 5.74) is 1.85. The Hall–Kier alpha value is -1.35. The Balaban J connectivity index is 2.83. The number of ether oxygens (including phenoxy) is 1. The number of carbonyl (C=O) groups excluding carboxylic acids is 1. The molecule has 72 valence electrons. The normalized spacial score (nSPS) is 10.4. The SMILES string of the molecule is COc1cc(C)cc2c(C=O)csc12. The van der Waals surface area contributed by atoms with Gasteiger partial charge >= 0.3 is 0 Å². The van der Waals surface area contributed by atoms with Crippen molar-refractivity contribution in [2.75, 3.05) is 7.11 Å². The van der Waals surface area contributed by atoms with Gasteiger partial charge in [0, 0.05) is 16.3 Å². The van der Waals surface area contributed by atoms with Gasteiger partial charge in [0.2, 0.25) is 0 Å². The van der Waals surface area contributed by atoms with Crippen molar-refractivity contribution in [2.45, 2.75) is 6.92 Å². The first-order chi connectivity index (χ1) is 6.76. The highest BCUT2D eigenvalue weighted by Crippen LogP contribution is 2.34. The predicted octanol–water partition coefficient (Wildman–Crippen LogP) is 3.03. The van der Waals surface area contributed by atoms with Crippen molar-refractivity contribution in [2.24, 2.45) is 0 Å². The number of aldehydes is 1. The monoisotopic (exact) mass is 206 g/mol. The lowest BCUT2D eigenvalue weighted by molar-refractivity contribution is 0.112. The van der Waals surface area contributed by atoms with E-state index in [0.717, 1.165) is 33.2 Å². The molecule has 0 saturated carbocycles. The zero-order chi connectivity index (χ0) is 10.1. The Kier molecular flexibility index (Phi) is 2.25. The fourth-order valence-corrected chi connectivity index (χ4v) is 2.49. The second-order valence-corrected chi connectivity index (χ2v) is 4.03. The standard InChI is InChI=1S/C11H10O2S/c1-7-3-9-8(5-12)6-14-11(9)10(4-7)13-2/h3-6H,1-2H3. The zero-order valence-corrected chi connectivity index (χ0v) is 8.85. The lowest BCUT2D eigenvalue weighted by Gasteiger charge is -2.02. The second-order valence-electron chi connectivity index (χ2n) is 3.15. The maximum atomic E-state index is 10.8. The summed E-state index contributed by atoms with van der Waals surface area (Å²) in [5, 5.41) is 2.85. The third-order valence-corrected chi connectivity index (χ3v) is 3.19. The summed E-state index contributed by atoms with van der Waals surface area (Å²) < 4.78 is 6.30. The molecule has 0 saturated heterocycles. The number of thiophene rings is 1. The van der Waals surface area contributed by atoms with Crippen LogP contribution in [0.25, 0.3) is 10.1 Å². The van der Waals surface area contributed by atoms with Crippen LogP contribution >= 0.6 is 11.3 Å². The molecule has 0 aliphatic rings. The van der Waals surface area contributed by atoms with Gasteiger partial charge in [-0.3, -0.25) is 4.79 Å². The van der Waals surface area contributed by atoms with E-state index in [-0.39, 0.29) is 0 Å². The van der Waals surface area contributed by atoms with Gasteiger partial charge in [0.25, 0.3) is 0 Å². The first kappa shape index (κ1) is 9.21. The van der Waals surface area contributed by atoms with Crippen LogP contribution in [0.1, 0.15) is 15.9 Å². The van der Waals surface area contributed by atoms with E-state index >= 15 is 0 Å². The van der Waals surface area contributed by atoms with E-state index in [0.29, 0.717) is 0 Å². The number of hydrogen-bond acceptors (Lipinski definition) is 3. The molecule has 0 fully saturated rings. The number of fused-ring (bicyclic) bond motifs is 1. The van der Waals surface area contributed by atoms with Crippen LogP contribution in [-0.4, -0.2) is 13.4 Å². The highest BCUT2D eigenvalue weighted by atomic mass is 32.1. The first-order valence-corrected chi connectivity index (χ1v) is 5.15. The van der Waals surface area contributed by atoms with Gasteiger partial charge in [0.05, 0.1) is 11.8 Å². The summed E-state index contributed by atoms with van der Waals surface area (Å²) in [7, 11) is 1.65. The van der Waals surface area contributed by atoms with Crippen molar-refractivity contribution in [3.63, 3.8) is 0 Å². The summed E-state index contributed by atoms with van der Waals surface area (Å²) in [6.07, 6.45) is 0.887. The molecule has 0 unspecified atom stereocenters. The molecule has 2 nitrogen and oxygen atoms in total. The molecule has 0 atom stereocenters. The van der Waals surface area contributed by atoms with E-state index in [2.05, 4.69) is 0 Å². The molecule has 1 aromatic heterocycles. The van der Waals surface area contributed by atoms with Crippen molar-refractivity contribution in [3.05, 3.63) is 28.6 Å². The van der Waals surface area contributed by atoms with Gasteiger partial charge in [-0.05, 0) is 24.6 Å². The van der Waals surface area contributed by atoms with Crippen LogP contribution in [-0.2, 0) is 0 Å². The number of hydrogen-bond donors (Lipinski definition) is 0. The van der Waals surface area contributed by atoms with Gasteiger partial charge in [-0.2, -0.15) is 0 Å². The van der Waals surface area contributed by atoms with E-state index in [1.807, 2.05) is 24.4 Å². The Labute approximate surface area is 86.1 Å². The molecule has 3 heteroatoms. The largest absolute Gasteiger partial charge is 0.495 e. The van der Waals surface area contributed by atoms with Gasteiger partial charge in [0.1, 0.15) is 5.75 Å². The lowest BCUT2D eigenvalue weighted by atomic mass is 10.1. The van der Waals surface area contributed by atoms with Gasteiger partial charge in [-0.25, -0.2) is 0 Å². The molecule has 0 radical (unpaired) electrons. The Morgan fingerprint density at radius 3 is 2.86 bits per heavy atom. The number of aryl methyl sites for hydroxylation is 1. The Bertz CT molecular complexity index is 485. The van der Waals surface area contributed by atoms with Crippen LogP contribution in [0.3, 0.4) is 0 Å². The van der Waals surface area contributed by atoms with Crippen LogP contribution in [0.4, 0.5) is 0 Å². The van der Waals surface area contributed by atoms with Gasteiger partial charge < -0.3 is 4.74 Å². The minimum atomic E-state index is 0.743. The number of carbonyl (C=O) groups is 1. The summed E-state index contributed by atoms with van der Waals surface area (Å²) in [4.78, 5) is 10.8. The van der Waals surface area contributed by atoms with Crippen LogP contribution < -0.4 is 4.74 Å². The Morgan fingerprint density at radius 2 is 2.21 bits per heavy atom. The smallest absolute Gasteiger partial charge is 0.151 e. The predicted molar refractivity (Wildman–Crippen MR) is 58.5 cm³/mol. The molecular weight excluding hydrogens is 196 g/mol. The molecule has 1 heterocycles. The third kappa shape index (κ3) is 1.30. The molecule has 0 amide bonds. The van der Waals surface area contributed by atoms with Gasteiger partial charge in [-0.15, -0.1) is 11.3 Å². The molecule has 2 aromatic rings. The molecule has 1 aromatic carbocycles. The maximum Gasteiger partial charge on any atom is 0.151 e. The summed E-state index contributed by atoms with van der Waals surface area (Å²) in [6.45, 7) is 1.99. The highest BCUT2D eigenvalue weighted by molar-refractivity contribution is 7.18. The second kappa shape index (κ2) is 3.42. The number of benzene rings is 1. The Morgan fingerprint density at radius 1 is 1.43 bits per heavy atom. The average molecular weight is 206 g/mol. The van der Waals surface area contributed by atoms with Crippen molar-refractivity contribution in [1.29, 1.82) is 0 Å². The third-order valence-electron chi connectivity index (χ3n) is 2.16. The van der Waals surface area contributed by atoms with Crippen molar-refractivity contribution < 1.29 is 9.53 Å². The minimum absolute atomic E-state index is 0.743. The van der Waals surface area contributed by atoms with E-state index in [4.69, 9.17) is 4.74 Å². The van der Waals surface area contributed by atoms with Gasteiger partial charge in [0.15, 0.2) is 6.29 Å². The molecule has 0 aliphatic carbocycles. The number of methoxy groups -OCH3 is 1. The van der Waals surface area contributed by atoms with E-state index in [1.165, 1.54) is 0 Å². The fraction of sp³-hybridized carbons (Fsp3) is 0.182. The van der Waals surface area contributed by atoms with Crippen LogP contribution in [0, 0.1) is 6.92 Å². The average Bonchev–Trinajstić information content (AvgIpc) is 2.59. The maximum absolute atomic E-state index is 10.8. The summed E-state index contributed by atoms with van der Waals surface area (Å²) in [5.74, 6) is 0.845. The molecule has 0 aliphatic heterocycles. The molecule has 0 bridgehead atoms. The van der Waals surface area contributed by atoms with E-state index in [9.17, 15) is 4.79 Å². The van der Waals surface area contributed by atoms with Crippen LogP contribution in [0.2, 0.25) is 0 Å². The number of rotatable bonds is 2. The van der Waals surface area contributed by atoms with Crippen molar-refractivity contribution in [1.82, 2.24) is 0 Å². The lowest BCUT2D eigenvalue weighted by Crippen LogP contribution is -1.85. The summed E-state index contributed by atoms with van der Waals surface area (Å²) in [6, 6.07) is 3.99. The zero-order valence-electron chi connectivity index (χ0n) is 8.03. The quantitative estimate of drug-likeness (QED) is 0.706. The van der Waals surface area contributed by atoms with E-state index in [1.54, 1.807) is 18.4 Å². The van der Waals surface area contributed by atoms with Crippen LogP contribution in [0.5, 0.6) is 5.75 Å². The fourth-order valence-electron chi connectivity index (χ4n) is 1.50. The van der Waals surface area contributed by atoms with Crippen LogP contribution in [0.15, 0.2) is 17.5 Å². The summed E-state index contributed by atoms with van der Waals surface area (Å²) >= 11 is 1.54. The first-order valence-electron chi connectivity index (χ1n) is 4.27. The van der Waals surface area contributed by atoms with E-state index < -0.39 is 0 Å². The van der Waals surface area contributed by atoms with Crippen molar-refractivity contribution >= 4 is 27.7 Å². The highest BCUT2D eigenvalue weighted by Gasteiger charge is 2.08. The topological polar surface area (TPSA) is 26.3 Å². The molecule has 0 N–H and O–H groups in total. The molecular formula is C11H10O2S. The minimum Gasteiger partial charge on any atom is -0.495 e. The molecule has 0 spiro atoms. The molecule has 2 rings (SSSR count). The van der Waals surface area contributed by atoms with Crippen molar-refractivity contribution in [3.8, 4) is 5.75 Å². The molecule has 14 heavy (non-hydrogen) atoms. The van der Waals surface area contributed by atoms with Gasteiger partial charge in [-0.1, -0.05) is 0 Å².